The number of benzene rings is 1. The lowest BCUT2D eigenvalue weighted by Crippen LogP contribution is -2.43. The van der Waals surface area contributed by atoms with E-state index in [1.807, 2.05) is 13.0 Å². The molecule has 0 fully saturated rings. The van der Waals surface area contributed by atoms with Crippen LogP contribution in [0.5, 0.6) is 0 Å². The lowest BCUT2D eigenvalue weighted by Gasteiger charge is -2.36. The van der Waals surface area contributed by atoms with Gasteiger partial charge in [-0.25, -0.2) is 9.18 Å². The molecule has 0 saturated carbocycles. The molecule has 6 heteroatoms. The van der Waals surface area contributed by atoms with Crippen LogP contribution in [0.1, 0.15) is 24.5 Å². The number of hydrogen-bond acceptors (Lipinski definition) is 3. The van der Waals surface area contributed by atoms with Crippen LogP contribution in [0.25, 0.3) is 0 Å². The van der Waals surface area contributed by atoms with Crippen LogP contribution in [0.15, 0.2) is 33.9 Å². The zero-order valence-electron chi connectivity index (χ0n) is 11.9. The van der Waals surface area contributed by atoms with Gasteiger partial charge in [0.25, 0.3) is 5.56 Å². The molecule has 110 valence electrons. The average Bonchev–Trinajstić information content (AvgIpc) is 2.45. The van der Waals surface area contributed by atoms with Crippen molar-refractivity contribution in [1.82, 2.24) is 9.55 Å². The minimum atomic E-state index is -0.523. The molecule has 1 atom stereocenters. The number of H-pyrrole nitrogens is 1. The molecular formula is C15H16FN3O2. The molecule has 2 N–H and O–H groups in total. The molecule has 5 nitrogen and oxygen atoms in total. The fourth-order valence-electron chi connectivity index (χ4n) is 2.77. The summed E-state index contributed by atoms with van der Waals surface area (Å²) in [7, 11) is 1.45. The van der Waals surface area contributed by atoms with Gasteiger partial charge >= 0.3 is 5.69 Å². The van der Waals surface area contributed by atoms with Gasteiger partial charge in [-0.05, 0) is 37.5 Å². The van der Waals surface area contributed by atoms with Crippen LogP contribution in [0.4, 0.5) is 10.2 Å². The number of hydrogen-bond donors (Lipinski definition) is 2. The van der Waals surface area contributed by atoms with Crippen molar-refractivity contribution in [2.75, 3.05) is 5.32 Å². The van der Waals surface area contributed by atoms with E-state index in [0.29, 0.717) is 24.2 Å². The largest absolute Gasteiger partial charge is 0.362 e. The Morgan fingerprint density at radius 3 is 2.81 bits per heavy atom. The molecule has 0 saturated heterocycles. The van der Waals surface area contributed by atoms with Crippen LogP contribution < -0.4 is 16.6 Å². The predicted molar refractivity (Wildman–Crippen MR) is 78.0 cm³/mol. The van der Waals surface area contributed by atoms with Crippen LogP contribution in [0, 0.1) is 5.82 Å². The minimum absolute atomic E-state index is 0.289. The van der Waals surface area contributed by atoms with Gasteiger partial charge < -0.3 is 5.32 Å². The van der Waals surface area contributed by atoms with E-state index in [2.05, 4.69) is 10.3 Å². The first-order valence-electron chi connectivity index (χ1n) is 6.77. The Morgan fingerprint density at radius 2 is 2.10 bits per heavy atom. The average molecular weight is 289 g/mol. The standard InChI is InChI=1S/C15H16FN3O2/c1-15(9-4-3-5-10(16)8-9)7-6-11-12(18-15)17-14(21)19(2)13(11)20/h3-5,8,18H,6-7H2,1-2H3,(H,17,21)/t15-/m1/s1. The number of fused-ring (bicyclic) bond motifs is 1. The van der Waals surface area contributed by atoms with Crippen LogP contribution in [0.3, 0.4) is 0 Å². The third kappa shape index (κ3) is 2.16. The van der Waals surface area contributed by atoms with Gasteiger partial charge in [0.05, 0.1) is 11.1 Å². The Hall–Kier alpha value is -2.37. The van der Waals surface area contributed by atoms with Crippen LogP contribution in [0.2, 0.25) is 0 Å². The summed E-state index contributed by atoms with van der Waals surface area (Å²) in [6, 6.07) is 6.35. The molecule has 0 radical (unpaired) electrons. The highest BCUT2D eigenvalue weighted by Gasteiger charge is 2.33. The van der Waals surface area contributed by atoms with Crippen LogP contribution in [-0.4, -0.2) is 9.55 Å². The van der Waals surface area contributed by atoms with Crippen LogP contribution >= 0.6 is 0 Å². The Labute approximate surface area is 120 Å². The molecule has 1 aromatic carbocycles. The van der Waals surface area contributed by atoms with Gasteiger partial charge in [-0.2, -0.15) is 0 Å². The van der Waals surface area contributed by atoms with E-state index in [0.717, 1.165) is 10.1 Å². The Morgan fingerprint density at radius 1 is 1.33 bits per heavy atom. The maximum absolute atomic E-state index is 13.4. The Balaban J connectivity index is 2.09. The van der Waals surface area contributed by atoms with Crippen molar-refractivity contribution < 1.29 is 4.39 Å². The highest BCUT2D eigenvalue weighted by Crippen LogP contribution is 2.34. The fourth-order valence-corrected chi connectivity index (χ4v) is 2.77. The zero-order chi connectivity index (χ0) is 15.2. The molecule has 2 aromatic rings. The van der Waals surface area contributed by atoms with Crippen molar-refractivity contribution in [3.05, 3.63) is 62.0 Å². The summed E-state index contributed by atoms with van der Waals surface area (Å²) >= 11 is 0. The molecule has 1 aliphatic rings. The second-order valence-corrected chi connectivity index (χ2v) is 5.62. The Bertz CT molecular complexity index is 824. The molecule has 1 aliphatic heterocycles. The highest BCUT2D eigenvalue weighted by molar-refractivity contribution is 5.50. The number of aromatic nitrogens is 2. The van der Waals surface area contributed by atoms with Gasteiger partial charge in [-0.1, -0.05) is 12.1 Å². The van der Waals surface area contributed by atoms with Gasteiger partial charge in [0, 0.05) is 7.05 Å². The molecule has 1 aromatic heterocycles. The molecule has 0 spiro atoms. The van der Waals surface area contributed by atoms with E-state index in [1.54, 1.807) is 6.07 Å². The topological polar surface area (TPSA) is 66.9 Å². The predicted octanol–water partition coefficient (Wildman–Crippen LogP) is 1.49. The van der Waals surface area contributed by atoms with Crippen molar-refractivity contribution in [2.24, 2.45) is 7.05 Å². The van der Waals surface area contributed by atoms with E-state index < -0.39 is 11.2 Å². The normalized spacial score (nSPS) is 20.7. The molecule has 2 heterocycles. The number of halogens is 1. The molecule has 3 rings (SSSR count). The number of aromatic amines is 1. The number of rotatable bonds is 1. The van der Waals surface area contributed by atoms with Crippen molar-refractivity contribution in [3.8, 4) is 0 Å². The van der Waals surface area contributed by atoms with Crippen molar-refractivity contribution in [2.45, 2.75) is 25.3 Å². The summed E-state index contributed by atoms with van der Waals surface area (Å²) in [5.41, 5.74) is 0.0719. The molecule has 21 heavy (non-hydrogen) atoms. The first-order chi connectivity index (χ1) is 9.90. The van der Waals surface area contributed by atoms with Crippen molar-refractivity contribution in [3.63, 3.8) is 0 Å². The zero-order valence-corrected chi connectivity index (χ0v) is 11.9. The maximum Gasteiger partial charge on any atom is 0.329 e. The first-order valence-corrected chi connectivity index (χ1v) is 6.77. The van der Waals surface area contributed by atoms with E-state index in [-0.39, 0.29) is 11.4 Å². The monoisotopic (exact) mass is 289 g/mol. The SMILES string of the molecule is Cn1c(=O)[nH]c2c(c1=O)CC[C@](C)(c1cccc(F)c1)N2. The van der Waals surface area contributed by atoms with E-state index in [9.17, 15) is 14.0 Å². The van der Waals surface area contributed by atoms with Crippen molar-refractivity contribution in [1.29, 1.82) is 0 Å². The molecule has 0 amide bonds. The van der Waals surface area contributed by atoms with Crippen LogP contribution in [-0.2, 0) is 19.0 Å². The molecule has 0 unspecified atom stereocenters. The quantitative estimate of drug-likeness (QED) is 0.836. The van der Waals surface area contributed by atoms with Gasteiger partial charge in [0.2, 0.25) is 0 Å². The smallest absolute Gasteiger partial charge is 0.329 e. The highest BCUT2D eigenvalue weighted by atomic mass is 19.1. The van der Waals surface area contributed by atoms with Gasteiger partial charge in [0.15, 0.2) is 0 Å². The number of nitrogens with zero attached hydrogens (tertiary/aromatic N) is 1. The lowest BCUT2D eigenvalue weighted by molar-refractivity contribution is 0.466. The summed E-state index contributed by atoms with van der Waals surface area (Å²) in [6.45, 7) is 1.93. The molecule has 0 aliphatic carbocycles. The van der Waals surface area contributed by atoms with Crippen molar-refractivity contribution >= 4 is 5.82 Å². The maximum atomic E-state index is 13.4. The number of anilines is 1. The van der Waals surface area contributed by atoms with E-state index in [4.69, 9.17) is 0 Å². The minimum Gasteiger partial charge on any atom is -0.362 e. The summed E-state index contributed by atoms with van der Waals surface area (Å²) < 4.78 is 14.5. The summed E-state index contributed by atoms with van der Waals surface area (Å²) in [4.78, 5) is 26.5. The summed E-state index contributed by atoms with van der Waals surface area (Å²) in [5, 5.41) is 3.19. The summed E-state index contributed by atoms with van der Waals surface area (Å²) in [6.07, 6.45) is 1.17. The second kappa shape index (κ2) is 4.58. The third-order valence-corrected chi connectivity index (χ3v) is 4.14. The van der Waals surface area contributed by atoms with Gasteiger partial charge in [-0.15, -0.1) is 0 Å². The van der Waals surface area contributed by atoms with Gasteiger partial charge in [0.1, 0.15) is 11.6 Å². The Kier molecular flexibility index (Phi) is 2.97. The fraction of sp³-hybridized carbons (Fsp3) is 0.333. The second-order valence-electron chi connectivity index (χ2n) is 5.62. The summed E-state index contributed by atoms with van der Waals surface area (Å²) in [5.74, 6) is 0.125. The third-order valence-electron chi connectivity index (χ3n) is 4.14. The first kappa shape index (κ1) is 13.6. The number of nitrogens with one attached hydrogen (secondary N) is 2. The van der Waals surface area contributed by atoms with E-state index >= 15 is 0 Å². The van der Waals surface area contributed by atoms with E-state index in [1.165, 1.54) is 19.2 Å². The lowest BCUT2D eigenvalue weighted by atomic mass is 9.83. The molecule has 0 bridgehead atoms. The van der Waals surface area contributed by atoms with Gasteiger partial charge in [-0.3, -0.25) is 14.3 Å². The molecular weight excluding hydrogens is 273 g/mol.